The van der Waals surface area contributed by atoms with Crippen molar-refractivity contribution in [3.8, 4) is 11.5 Å². The van der Waals surface area contributed by atoms with Crippen LogP contribution in [-0.2, 0) is 0 Å². The normalized spacial score (nSPS) is 18.9. The molecule has 0 aliphatic carbocycles. The van der Waals surface area contributed by atoms with Gasteiger partial charge in [0, 0.05) is 34.3 Å². The molecule has 1 aromatic carbocycles. The SMILES string of the molecule is COc1ccc(C2=CS[N+](=O)[C@H](C(C)C)C2)c(OC)c1. The van der Waals surface area contributed by atoms with Crippen LogP contribution in [-0.4, -0.2) is 24.4 Å². The number of ether oxygens (including phenoxy) is 2. The molecule has 20 heavy (non-hydrogen) atoms. The van der Waals surface area contributed by atoms with Gasteiger partial charge in [-0.3, -0.25) is 0 Å². The van der Waals surface area contributed by atoms with Crippen molar-refractivity contribution in [2.45, 2.75) is 26.3 Å². The third kappa shape index (κ3) is 2.98. The minimum Gasteiger partial charge on any atom is -0.497 e. The number of hydrogen-bond acceptors (Lipinski definition) is 4. The molecular formula is C15H20NO3S+. The Morgan fingerprint density at radius 2 is 2.05 bits per heavy atom. The van der Waals surface area contributed by atoms with Crippen LogP contribution >= 0.6 is 11.9 Å². The molecule has 0 radical (unpaired) electrons. The summed E-state index contributed by atoms with van der Waals surface area (Å²) in [4.78, 5) is 11.9. The predicted octanol–water partition coefficient (Wildman–Crippen LogP) is 3.90. The first-order chi connectivity index (χ1) is 9.56. The van der Waals surface area contributed by atoms with E-state index >= 15 is 0 Å². The summed E-state index contributed by atoms with van der Waals surface area (Å²) in [5, 5.41) is 1.91. The molecule has 0 unspecified atom stereocenters. The van der Waals surface area contributed by atoms with Crippen LogP contribution in [0.15, 0.2) is 23.6 Å². The third-order valence-electron chi connectivity index (χ3n) is 3.52. The molecule has 0 spiro atoms. The highest BCUT2D eigenvalue weighted by Crippen LogP contribution is 2.38. The molecule has 0 N–H and O–H groups in total. The van der Waals surface area contributed by atoms with Crippen LogP contribution in [0.5, 0.6) is 11.5 Å². The fourth-order valence-corrected chi connectivity index (χ4v) is 3.19. The second-order valence-electron chi connectivity index (χ2n) is 5.12. The van der Waals surface area contributed by atoms with Gasteiger partial charge >= 0.3 is 0 Å². The van der Waals surface area contributed by atoms with Gasteiger partial charge in [-0.05, 0) is 17.7 Å². The van der Waals surface area contributed by atoms with Gasteiger partial charge in [0.05, 0.1) is 18.4 Å². The highest BCUT2D eigenvalue weighted by Gasteiger charge is 2.35. The molecular weight excluding hydrogens is 274 g/mol. The van der Waals surface area contributed by atoms with E-state index < -0.39 is 0 Å². The summed E-state index contributed by atoms with van der Waals surface area (Å²) in [5.74, 6) is 1.85. The molecule has 108 valence electrons. The smallest absolute Gasteiger partial charge is 0.243 e. The molecule has 0 saturated carbocycles. The van der Waals surface area contributed by atoms with Crippen LogP contribution in [0.2, 0.25) is 0 Å². The van der Waals surface area contributed by atoms with Gasteiger partial charge in [0.25, 0.3) is 0 Å². The predicted molar refractivity (Wildman–Crippen MR) is 82.0 cm³/mol. The van der Waals surface area contributed by atoms with E-state index in [2.05, 4.69) is 13.8 Å². The average molecular weight is 294 g/mol. The van der Waals surface area contributed by atoms with E-state index in [4.69, 9.17) is 9.47 Å². The van der Waals surface area contributed by atoms with Crippen molar-refractivity contribution in [1.29, 1.82) is 0 Å². The highest BCUT2D eigenvalue weighted by molar-refractivity contribution is 7.96. The van der Waals surface area contributed by atoms with Gasteiger partial charge in [0.2, 0.25) is 18.0 Å². The van der Waals surface area contributed by atoms with Crippen LogP contribution in [0, 0.1) is 10.8 Å². The Kier molecular flexibility index (Phi) is 4.70. The standard InChI is InChI=1S/C15H20NO3S/c1-10(2)14-7-11(9-20-16(14)17)13-6-5-12(18-3)8-15(13)19-4/h5-6,8-10,14H,7H2,1-4H3/q+1/t14-/m0/s1. The molecule has 1 aliphatic rings. The molecule has 0 fully saturated rings. The summed E-state index contributed by atoms with van der Waals surface area (Å²) in [7, 11) is 3.28. The lowest BCUT2D eigenvalue weighted by Crippen LogP contribution is -2.27. The summed E-state index contributed by atoms with van der Waals surface area (Å²) in [6, 6.07) is 5.76. The van der Waals surface area contributed by atoms with E-state index in [1.807, 2.05) is 23.6 Å². The van der Waals surface area contributed by atoms with Gasteiger partial charge in [0.1, 0.15) is 11.5 Å². The van der Waals surface area contributed by atoms with Gasteiger partial charge < -0.3 is 9.47 Å². The zero-order chi connectivity index (χ0) is 14.7. The number of methoxy groups -OCH3 is 2. The molecule has 0 aromatic heterocycles. The van der Waals surface area contributed by atoms with Crippen molar-refractivity contribution in [3.05, 3.63) is 34.1 Å². The summed E-state index contributed by atoms with van der Waals surface area (Å²) >= 11 is 1.22. The summed E-state index contributed by atoms with van der Waals surface area (Å²) < 4.78 is 11.7. The molecule has 1 aliphatic heterocycles. The van der Waals surface area contributed by atoms with E-state index in [0.717, 1.165) is 33.2 Å². The quantitative estimate of drug-likeness (QED) is 0.623. The minimum atomic E-state index is -0.00759. The first-order valence-electron chi connectivity index (χ1n) is 6.61. The number of nitrogens with zero attached hydrogens (tertiary/aromatic N) is 1. The van der Waals surface area contributed by atoms with Crippen molar-refractivity contribution >= 4 is 17.5 Å². The molecule has 0 saturated heterocycles. The highest BCUT2D eigenvalue weighted by atomic mass is 32.2. The Morgan fingerprint density at radius 1 is 1.30 bits per heavy atom. The van der Waals surface area contributed by atoms with Crippen molar-refractivity contribution in [1.82, 2.24) is 0 Å². The molecule has 0 bridgehead atoms. The van der Waals surface area contributed by atoms with E-state index in [1.54, 1.807) is 14.2 Å². The molecule has 2 rings (SSSR count). The monoisotopic (exact) mass is 294 g/mol. The Balaban J connectivity index is 2.34. The number of nitroso groups, excluding NO2 is 1. The van der Waals surface area contributed by atoms with Gasteiger partial charge in [-0.1, -0.05) is 13.8 Å². The lowest BCUT2D eigenvalue weighted by Gasteiger charge is -2.19. The van der Waals surface area contributed by atoms with Gasteiger partial charge in [-0.2, -0.15) is 0 Å². The van der Waals surface area contributed by atoms with E-state index in [0.29, 0.717) is 5.92 Å². The van der Waals surface area contributed by atoms with Crippen molar-refractivity contribution in [2.24, 2.45) is 5.92 Å². The van der Waals surface area contributed by atoms with Crippen molar-refractivity contribution in [2.75, 3.05) is 14.2 Å². The van der Waals surface area contributed by atoms with Crippen LogP contribution in [0.25, 0.3) is 5.57 Å². The summed E-state index contributed by atoms with van der Waals surface area (Å²) in [5.41, 5.74) is 2.17. The van der Waals surface area contributed by atoms with Gasteiger partial charge in [-0.25, -0.2) is 0 Å². The van der Waals surface area contributed by atoms with E-state index in [1.165, 1.54) is 11.9 Å². The van der Waals surface area contributed by atoms with E-state index in [-0.39, 0.29) is 6.04 Å². The van der Waals surface area contributed by atoms with Crippen LogP contribution in [0.4, 0.5) is 0 Å². The first kappa shape index (κ1) is 14.9. The third-order valence-corrected chi connectivity index (χ3v) is 4.39. The molecule has 4 nitrogen and oxygen atoms in total. The maximum Gasteiger partial charge on any atom is 0.243 e. The van der Waals surface area contributed by atoms with Crippen LogP contribution in [0.3, 0.4) is 0 Å². The maximum atomic E-state index is 11.9. The van der Waals surface area contributed by atoms with Crippen LogP contribution in [0.1, 0.15) is 25.8 Å². The largest absolute Gasteiger partial charge is 0.497 e. The maximum absolute atomic E-state index is 11.9. The lowest BCUT2D eigenvalue weighted by molar-refractivity contribution is -0.430. The Bertz CT molecular complexity index is 540. The zero-order valence-corrected chi connectivity index (χ0v) is 13.1. The average Bonchev–Trinajstić information content (AvgIpc) is 2.46. The molecule has 1 heterocycles. The fourth-order valence-electron chi connectivity index (χ4n) is 2.26. The minimum absolute atomic E-state index is 0.00759. The molecule has 0 amide bonds. The number of rotatable bonds is 4. The number of benzene rings is 1. The zero-order valence-electron chi connectivity index (χ0n) is 12.3. The second kappa shape index (κ2) is 6.31. The van der Waals surface area contributed by atoms with Crippen molar-refractivity contribution in [3.63, 3.8) is 0 Å². The number of hydrogen-bond donors (Lipinski definition) is 0. The topological polar surface area (TPSA) is 38.5 Å². The van der Waals surface area contributed by atoms with Gasteiger partial charge in [-0.15, -0.1) is 0 Å². The Hall–Kier alpha value is -1.49. The van der Waals surface area contributed by atoms with Crippen LogP contribution < -0.4 is 9.47 Å². The van der Waals surface area contributed by atoms with Crippen molar-refractivity contribution < 1.29 is 13.6 Å². The second-order valence-corrected chi connectivity index (χ2v) is 5.92. The van der Waals surface area contributed by atoms with E-state index in [9.17, 15) is 4.91 Å². The summed E-state index contributed by atoms with van der Waals surface area (Å²) in [6.45, 7) is 4.15. The van der Waals surface area contributed by atoms with Gasteiger partial charge in [0.15, 0.2) is 0 Å². The Morgan fingerprint density at radius 3 is 2.65 bits per heavy atom. The fraction of sp³-hybridized carbons (Fsp3) is 0.467. The Labute approximate surface area is 123 Å². The summed E-state index contributed by atoms with van der Waals surface area (Å²) in [6.07, 6.45) is 0.733. The molecule has 1 atom stereocenters. The molecule has 1 aromatic rings. The lowest BCUT2D eigenvalue weighted by atomic mass is 9.93. The first-order valence-corrected chi connectivity index (χ1v) is 7.45. The molecule has 5 heteroatoms.